The number of benzene rings is 2. The van der Waals surface area contributed by atoms with Gasteiger partial charge in [-0.15, -0.1) is 5.10 Å². The molecule has 0 saturated carbocycles. The van der Waals surface area contributed by atoms with Gasteiger partial charge in [0, 0.05) is 11.3 Å². The molecule has 174 valence electrons. The lowest BCUT2D eigenvalue weighted by Gasteiger charge is -2.12. The monoisotopic (exact) mass is 478 g/mol. The van der Waals surface area contributed by atoms with Gasteiger partial charge in [-0.05, 0) is 65.9 Å². The van der Waals surface area contributed by atoms with Crippen molar-refractivity contribution in [2.75, 3.05) is 17.7 Å². The minimum Gasteiger partial charge on any atom is -0.495 e. The van der Waals surface area contributed by atoms with E-state index in [9.17, 15) is 9.59 Å². The van der Waals surface area contributed by atoms with E-state index in [1.807, 2.05) is 18.2 Å². The molecule has 0 aliphatic rings. The second kappa shape index (κ2) is 10.7. The highest BCUT2D eigenvalue weighted by Crippen LogP contribution is 2.25. The van der Waals surface area contributed by atoms with Crippen LogP contribution in [0.5, 0.6) is 5.75 Å². The van der Waals surface area contributed by atoms with Crippen molar-refractivity contribution >= 4 is 35.0 Å². The van der Waals surface area contributed by atoms with Crippen molar-refractivity contribution in [3.05, 3.63) is 78.3 Å². The highest BCUT2D eigenvalue weighted by atomic mass is 32.2. The Kier molecular flexibility index (Phi) is 7.23. The molecule has 0 unspecified atom stereocenters. The van der Waals surface area contributed by atoms with Gasteiger partial charge >= 0.3 is 0 Å². The number of hydrogen-bond acceptors (Lipinski definition) is 8. The van der Waals surface area contributed by atoms with Gasteiger partial charge in [0.05, 0.1) is 24.3 Å². The third-order valence-electron chi connectivity index (χ3n) is 4.81. The number of methoxy groups -OCH3 is 1. The third kappa shape index (κ3) is 5.62. The van der Waals surface area contributed by atoms with E-state index in [1.165, 1.54) is 11.8 Å². The lowest BCUT2D eigenvalue weighted by molar-refractivity contribution is -0.115. The summed E-state index contributed by atoms with van der Waals surface area (Å²) in [7, 11) is 1.54. The average molecular weight is 479 g/mol. The van der Waals surface area contributed by atoms with Crippen LogP contribution in [-0.4, -0.2) is 44.4 Å². The molecule has 1 atom stereocenters. The van der Waals surface area contributed by atoms with Gasteiger partial charge in [-0.25, -0.2) is 4.68 Å². The fourth-order valence-electron chi connectivity index (χ4n) is 3.03. The molecule has 2 amide bonds. The SMILES string of the molecule is COc1ccccc1NC(=O)c1ccc(NC(=O)[C@@H](C)Sc2nnnn2Cc2ccco2)cc1. The maximum atomic E-state index is 12.7. The zero-order valence-corrected chi connectivity index (χ0v) is 19.3. The van der Waals surface area contributed by atoms with Crippen molar-refractivity contribution in [2.45, 2.75) is 23.9 Å². The van der Waals surface area contributed by atoms with Gasteiger partial charge in [0.15, 0.2) is 0 Å². The van der Waals surface area contributed by atoms with Crippen LogP contribution in [0.2, 0.25) is 0 Å². The Morgan fingerprint density at radius 1 is 1.09 bits per heavy atom. The summed E-state index contributed by atoms with van der Waals surface area (Å²) in [5, 5.41) is 17.3. The normalized spacial score (nSPS) is 11.6. The number of thioether (sulfide) groups is 1. The first kappa shape index (κ1) is 23.1. The van der Waals surface area contributed by atoms with Gasteiger partial charge in [-0.1, -0.05) is 23.9 Å². The highest BCUT2D eigenvalue weighted by molar-refractivity contribution is 8.00. The fourth-order valence-corrected chi connectivity index (χ4v) is 3.82. The molecule has 0 fully saturated rings. The average Bonchev–Trinajstić information content (AvgIpc) is 3.52. The largest absolute Gasteiger partial charge is 0.495 e. The maximum Gasteiger partial charge on any atom is 0.255 e. The van der Waals surface area contributed by atoms with E-state index in [4.69, 9.17) is 9.15 Å². The van der Waals surface area contributed by atoms with Crippen molar-refractivity contribution < 1.29 is 18.7 Å². The predicted octanol–water partition coefficient (Wildman–Crippen LogP) is 3.69. The van der Waals surface area contributed by atoms with E-state index in [0.717, 1.165) is 0 Å². The molecule has 2 heterocycles. The smallest absolute Gasteiger partial charge is 0.255 e. The number of ether oxygens (including phenoxy) is 1. The minimum absolute atomic E-state index is 0.219. The number of amides is 2. The Labute approximate surface area is 199 Å². The zero-order valence-electron chi connectivity index (χ0n) is 18.5. The standard InChI is InChI=1S/C23H22N6O4S/c1-15(34-23-26-27-28-29(23)14-18-6-5-13-33-18)21(30)24-17-11-9-16(10-12-17)22(31)25-19-7-3-4-8-20(19)32-2/h3-13,15H,14H2,1-2H3,(H,24,30)(H,25,31)/t15-/m1/s1. The van der Waals surface area contributed by atoms with Crippen molar-refractivity contribution in [3.63, 3.8) is 0 Å². The Morgan fingerprint density at radius 3 is 2.62 bits per heavy atom. The predicted molar refractivity (Wildman–Crippen MR) is 127 cm³/mol. The molecule has 0 aliphatic heterocycles. The number of rotatable bonds is 9. The molecule has 11 heteroatoms. The van der Waals surface area contributed by atoms with Crippen LogP contribution in [0.25, 0.3) is 0 Å². The molecule has 0 saturated heterocycles. The summed E-state index contributed by atoms with van der Waals surface area (Å²) in [6, 6.07) is 17.4. The molecule has 0 bridgehead atoms. The molecule has 4 aromatic rings. The number of para-hydroxylation sites is 2. The maximum absolute atomic E-state index is 12.7. The van der Waals surface area contributed by atoms with E-state index in [2.05, 4.69) is 26.2 Å². The number of carbonyl (C=O) groups is 2. The molecule has 4 rings (SSSR count). The first-order valence-corrected chi connectivity index (χ1v) is 11.2. The van der Waals surface area contributed by atoms with Crippen LogP contribution in [0.3, 0.4) is 0 Å². The number of anilines is 2. The zero-order chi connectivity index (χ0) is 23.9. The number of tetrazole rings is 1. The number of hydrogen-bond donors (Lipinski definition) is 2. The Morgan fingerprint density at radius 2 is 1.88 bits per heavy atom. The van der Waals surface area contributed by atoms with Gasteiger partial charge in [0.25, 0.3) is 5.91 Å². The van der Waals surface area contributed by atoms with E-state index >= 15 is 0 Å². The number of nitrogens with zero attached hydrogens (tertiary/aromatic N) is 4. The molecular weight excluding hydrogens is 456 g/mol. The van der Waals surface area contributed by atoms with Crippen molar-refractivity contribution in [3.8, 4) is 5.75 Å². The van der Waals surface area contributed by atoms with Crippen molar-refractivity contribution in [2.24, 2.45) is 0 Å². The fraction of sp³-hybridized carbons (Fsp3) is 0.174. The quantitative estimate of drug-likeness (QED) is 0.349. The van der Waals surface area contributed by atoms with Crippen LogP contribution < -0.4 is 15.4 Å². The summed E-state index contributed by atoms with van der Waals surface area (Å²) in [5.41, 5.74) is 1.59. The van der Waals surface area contributed by atoms with Gasteiger partial charge in [0.2, 0.25) is 11.1 Å². The second-order valence-electron chi connectivity index (χ2n) is 7.18. The Hall–Kier alpha value is -4.12. The van der Waals surface area contributed by atoms with E-state index < -0.39 is 5.25 Å². The molecular formula is C23H22N6O4S. The van der Waals surface area contributed by atoms with Crippen LogP contribution in [0, 0.1) is 0 Å². The summed E-state index contributed by atoms with van der Waals surface area (Å²) < 4.78 is 12.2. The van der Waals surface area contributed by atoms with Gasteiger partial charge in [-0.3, -0.25) is 9.59 Å². The Bertz CT molecular complexity index is 1260. The van der Waals surface area contributed by atoms with Crippen molar-refractivity contribution in [1.82, 2.24) is 20.2 Å². The highest BCUT2D eigenvalue weighted by Gasteiger charge is 2.19. The van der Waals surface area contributed by atoms with Crippen molar-refractivity contribution in [1.29, 1.82) is 0 Å². The van der Waals surface area contributed by atoms with Crippen LogP contribution in [0.4, 0.5) is 11.4 Å². The summed E-state index contributed by atoms with van der Waals surface area (Å²) in [4.78, 5) is 25.2. The summed E-state index contributed by atoms with van der Waals surface area (Å²) in [6.45, 7) is 2.13. The third-order valence-corrected chi connectivity index (χ3v) is 5.88. The van der Waals surface area contributed by atoms with Crippen LogP contribution in [0.1, 0.15) is 23.0 Å². The summed E-state index contributed by atoms with van der Waals surface area (Å²) in [6.07, 6.45) is 1.58. The van der Waals surface area contributed by atoms with Crippen LogP contribution >= 0.6 is 11.8 Å². The van der Waals surface area contributed by atoms with Gasteiger partial charge in [0.1, 0.15) is 18.1 Å². The Balaban J connectivity index is 1.34. The number of furan rings is 1. The van der Waals surface area contributed by atoms with E-state index in [0.29, 0.717) is 40.1 Å². The van der Waals surface area contributed by atoms with Crippen LogP contribution in [-0.2, 0) is 11.3 Å². The van der Waals surface area contributed by atoms with Crippen LogP contribution in [0.15, 0.2) is 76.5 Å². The molecule has 0 radical (unpaired) electrons. The first-order valence-electron chi connectivity index (χ1n) is 10.3. The first-order chi connectivity index (χ1) is 16.5. The van der Waals surface area contributed by atoms with Gasteiger partial charge in [-0.2, -0.15) is 0 Å². The molecule has 34 heavy (non-hydrogen) atoms. The summed E-state index contributed by atoms with van der Waals surface area (Å²) >= 11 is 1.24. The minimum atomic E-state index is -0.463. The molecule has 2 aromatic carbocycles. The second-order valence-corrected chi connectivity index (χ2v) is 8.49. The molecule has 0 spiro atoms. The lowest BCUT2D eigenvalue weighted by atomic mass is 10.2. The summed E-state index contributed by atoms with van der Waals surface area (Å²) in [5.74, 6) is 0.779. The molecule has 0 aliphatic carbocycles. The van der Waals surface area contributed by atoms with E-state index in [1.54, 1.807) is 67.4 Å². The van der Waals surface area contributed by atoms with Gasteiger partial charge < -0.3 is 19.8 Å². The number of aromatic nitrogens is 4. The molecule has 10 nitrogen and oxygen atoms in total. The number of nitrogens with one attached hydrogen (secondary N) is 2. The number of carbonyl (C=O) groups excluding carboxylic acids is 2. The van der Waals surface area contributed by atoms with E-state index in [-0.39, 0.29) is 11.8 Å². The molecule has 2 N–H and O–H groups in total. The lowest BCUT2D eigenvalue weighted by Crippen LogP contribution is -2.23. The molecule has 2 aromatic heterocycles. The topological polar surface area (TPSA) is 124 Å².